The van der Waals surface area contributed by atoms with E-state index in [1.54, 1.807) is 0 Å². The van der Waals surface area contributed by atoms with Crippen LogP contribution in [0.3, 0.4) is 0 Å². The zero-order chi connectivity index (χ0) is 17.2. The average molecular weight is 333 g/mol. The van der Waals surface area contributed by atoms with Crippen molar-refractivity contribution in [2.45, 2.75) is 33.2 Å². The number of ether oxygens (including phenoxy) is 2. The van der Waals surface area contributed by atoms with Crippen LogP contribution in [0, 0.1) is 5.92 Å². The van der Waals surface area contributed by atoms with Gasteiger partial charge in [-0.05, 0) is 50.3 Å². The summed E-state index contributed by atoms with van der Waals surface area (Å²) in [4.78, 5) is 6.79. The quantitative estimate of drug-likeness (QED) is 0.406. The normalized spacial score (nSPS) is 14.5. The van der Waals surface area contributed by atoms with Gasteiger partial charge < -0.3 is 19.7 Å². The predicted molar refractivity (Wildman–Crippen MR) is 98.6 cm³/mol. The van der Waals surface area contributed by atoms with Crippen LogP contribution in [0.1, 0.15) is 32.3 Å². The van der Waals surface area contributed by atoms with Crippen LogP contribution in [0.2, 0.25) is 0 Å². The lowest BCUT2D eigenvalue weighted by atomic mass is 10.2. The fourth-order valence-corrected chi connectivity index (χ4v) is 2.43. The summed E-state index contributed by atoms with van der Waals surface area (Å²) in [5, 5.41) is 3.34. The van der Waals surface area contributed by atoms with E-state index in [-0.39, 0.29) is 0 Å². The second-order valence-corrected chi connectivity index (χ2v) is 6.19. The molecule has 0 spiro atoms. The molecule has 0 aliphatic heterocycles. The molecule has 0 radical (unpaired) electrons. The Labute approximate surface area is 146 Å². The van der Waals surface area contributed by atoms with Gasteiger partial charge in [0, 0.05) is 26.7 Å². The van der Waals surface area contributed by atoms with Crippen molar-refractivity contribution in [1.29, 1.82) is 0 Å². The van der Waals surface area contributed by atoms with E-state index in [2.05, 4.69) is 41.3 Å². The van der Waals surface area contributed by atoms with Crippen LogP contribution in [0.25, 0.3) is 0 Å². The van der Waals surface area contributed by atoms with Gasteiger partial charge in [0.1, 0.15) is 5.75 Å². The fourth-order valence-electron chi connectivity index (χ4n) is 2.43. The van der Waals surface area contributed by atoms with Crippen molar-refractivity contribution in [3.63, 3.8) is 0 Å². The molecular formula is C19H31N3O2. The zero-order valence-electron chi connectivity index (χ0n) is 15.3. The molecule has 134 valence electrons. The van der Waals surface area contributed by atoms with Crippen molar-refractivity contribution < 1.29 is 9.47 Å². The van der Waals surface area contributed by atoms with Crippen LogP contribution in [0.15, 0.2) is 29.3 Å². The maximum Gasteiger partial charge on any atom is 0.194 e. The largest absolute Gasteiger partial charge is 0.494 e. The maximum absolute atomic E-state index is 5.65. The fraction of sp³-hybridized carbons (Fsp3) is 0.632. The topological polar surface area (TPSA) is 46.1 Å². The highest BCUT2D eigenvalue weighted by Gasteiger charge is 2.20. The summed E-state index contributed by atoms with van der Waals surface area (Å²) >= 11 is 0. The van der Waals surface area contributed by atoms with Crippen molar-refractivity contribution in [3.05, 3.63) is 29.8 Å². The lowest BCUT2D eigenvalue weighted by Crippen LogP contribution is -2.38. The van der Waals surface area contributed by atoms with Gasteiger partial charge in [-0.2, -0.15) is 0 Å². The van der Waals surface area contributed by atoms with E-state index in [9.17, 15) is 0 Å². The highest BCUT2D eigenvalue weighted by Crippen LogP contribution is 2.28. The number of hydrogen-bond acceptors (Lipinski definition) is 3. The van der Waals surface area contributed by atoms with Gasteiger partial charge in [-0.3, -0.25) is 4.99 Å². The molecule has 1 fully saturated rings. The Balaban J connectivity index is 1.80. The third kappa shape index (κ3) is 6.79. The summed E-state index contributed by atoms with van der Waals surface area (Å²) in [6.45, 7) is 8.73. The van der Waals surface area contributed by atoms with Crippen molar-refractivity contribution in [2.24, 2.45) is 10.9 Å². The molecule has 1 aliphatic carbocycles. The van der Waals surface area contributed by atoms with Gasteiger partial charge in [0.15, 0.2) is 5.96 Å². The molecule has 0 aromatic heterocycles. The predicted octanol–water partition coefficient (Wildman–Crippen LogP) is 2.91. The van der Waals surface area contributed by atoms with Crippen molar-refractivity contribution in [2.75, 3.05) is 40.0 Å². The first-order chi connectivity index (χ1) is 11.7. The molecule has 0 amide bonds. The molecule has 0 saturated heterocycles. The summed E-state index contributed by atoms with van der Waals surface area (Å²) in [5.74, 6) is 2.64. The third-order valence-corrected chi connectivity index (χ3v) is 3.90. The molecule has 2 rings (SSSR count). The van der Waals surface area contributed by atoms with Gasteiger partial charge in [-0.25, -0.2) is 0 Å². The SMILES string of the molecule is CCNC(=NCCOCC1CC1)N(C)Cc1ccc(OCC)cc1. The monoisotopic (exact) mass is 333 g/mol. The van der Waals surface area contributed by atoms with Crippen LogP contribution in [-0.2, 0) is 11.3 Å². The second kappa shape index (κ2) is 10.2. The molecular weight excluding hydrogens is 302 g/mol. The molecule has 5 heteroatoms. The van der Waals surface area contributed by atoms with E-state index in [0.29, 0.717) is 19.8 Å². The Morgan fingerprint density at radius 1 is 1.25 bits per heavy atom. The smallest absolute Gasteiger partial charge is 0.194 e. The van der Waals surface area contributed by atoms with Gasteiger partial charge in [0.2, 0.25) is 0 Å². The van der Waals surface area contributed by atoms with Gasteiger partial charge in [-0.15, -0.1) is 0 Å². The number of benzene rings is 1. The van der Waals surface area contributed by atoms with Gasteiger partial charge >= 0.3 is 0 Å². The standard InChI is InChI=1S/C19H31N3O2/c1-4-20-19(21-12-13-23-15-17-6-7-17)22(3)14-16-8-10-18(11-9-16)24-5-2/h8-11,17H,4-7,12-15H2,1-3H3,(H,20,21). The summed E-state index contributed by atoms with van der Waals surface area (Å²) in [5.41, 5.74) is 1.23. The molecule has 24 heavy (non-hydrogen) atoms. The van der Waals surface area contributed by atoms with Crippen LogP contribution in [0.5, 0.6) is 5.75 Å². The average Bonchev–Trinajstić information content (AvgIpc) is 3.40. The lowest BCUT2D eigenvalue weighted by Gasteiger charge is -2.22. The van der Waals surface area contributed by atoms with Gasteiger partial charge in [0.05, 0.1) is 19.8 Å². The van der Waals surface area contributed by atoms with Crippen LogP contribution < -0.4 is 10.1 Å². The molecule has 0 bridgehead atoms. The number of nitrogens with one attached hydrogen (secondary N) is 1. The number of aliphatic imine (C=N–C) groups is 1. The van der Waals surface area contributed by atoms with Crippen LogP contribution in [0.4, 0.5) is 0 Å². The van der Waals surface area contributed by atoms with Crippen LogP contribution >= 0.6 is 0 Å². The molecule has 5 nitrogen and oxygen atoms in total. The Kier molecular flexibility index (Phi) is 7.89. The van der Waals surface area contributed by atoms with Crippen molar-refractivity contribution in [3.8, 4) is 5.75 Å². The van der Waals surface area contributed by atoms with Gasteiger partial charge in [-0.1, -0.05) is 12.1 Å². The lowest BCUT2D eigenvalue weighted by molar-refractivity contribution is 0.131. The molecule has 1 N–H and O–H groups in total. The number of guanidine groups is 1. The number of hydrogen-bond donors (Lipinski definition) is 1. The molecule has 0 heterocycles. The minimum atomic E-state index is 0.694. The first-order valence-corrected chi connectivity index (χ1v) is 9.01. The summed E-state index contributed by atoms with van der Waals surface area (Å²) in [6, 6.07) is 8.23. The van der Waals surface area contributed by atoms with E-state index < -0.39 is 0 Å². The third-order valence-electron chi connectivity index (χ3n) is 3.90. The molecule has 1 aromatic carbocycles. The highest BCUT2D eigenvalue weighted by molar-refractivity contribution is 5.79. The molecule has 0 unspecified atom stereocenters. The molecule has 1 aromatic rings. The summed E-state index contributed by atoms with van der Waals surface area (Å²) in [7, 11) is 2.06. The Morgan fingerprint density at radius 3 is 2.62 bits per heavy atom. The van der Waals surface area contributed by atoms with E-state index in [4.69, 9.17) is 9.47 Å². The molecule has 0 atom stereocenters. The second-order valence-electron chi connectivity index (χ2n) is 6.19. The maximum atomic E-state index is 5.65. The van der Waals surface area contributed by atoms with E-state index in [1.807, 2.05) is 19.1 Å². The number of rotatable bonds is 10. The highest BCUT2D eigenvalue weighted by atomic mass is 16.5. The summed E-state index contributed by atoms with van der Waals surface area (Å²) < 4.78 is 11.1. The van der Waals surface area contributed by atoms with E-state index >= 15 is 0 Å². The minimum absolute atomic E-state index is 0.694. The Hall–Kier alpha value is -1.75. The van der Waals surface area contributed by atoms with Crippen molar-refractivity contribution in [1.82, 2.24) is 10.2 Å². The molecule has 1 aliphatic rings. The first-order valence-electron chi connectivity index (χ1n) is 9.01. The Morgan fingerprint density at radius 2 is 2.00 bits per heavy atom. The first kappa shape index (κ1) is 18.6. The summed E-state index contributed by atoms with van der Waals surface area (Å²) in [6.07, 6.45) is 2.66. The minimum Gasteiger partial charge on any atom is -0.494 e. The van der Waals surface area contributed by atoms with Gasteiger partial charge in [0.25, 0.3) is 0 Å². The Bertz CT molecular complexity index is 498. The van der Waals surface area contributed by atoms with Crippen molar-refractivity contribution >= 4 is 5.96 Å². The van der Waals surface area contributed by atoms with E-state index in [1.165, 1.54) is 18.4 Å². The zero-order valence-corrected chi connectivity index (χ0v) is 15.3. The molecule has 1 saturated carbocycles. The number of nitrogens with zero attached hydrogens (tertiary/aromatic N) is 2. The van der Waals surface area contributed by atoms with Crippen LogP contribution in [-0.4, -0.2) is 50.8 Å². The van der Waals surface area contributed by atoms with E-state index in [0.717, 1.165) is 37.3 Å².